The molecule has 1 aromatic heterocycles. The van der Waals surface area contributed by atoms with E-state index in [0.29, 0.717) is 16.9 Å². The summed E-state index contributed by atoms with van der Waals surface area (Å²) < 4.78 is 4.09. The summed E-state index contributed by atoms with van der Waals surface area (Å²) in [4.78, 5) is 17.7. The third-order valence-electron chi connectivity index (χ3n) is 3.91. The zero-order valence-electron chi connectivity index (χ0n) is 13.5. The second-order valence-electron chi connectivity index (χ2n) is 5.58. The molecular formula is C19H17IN2OS. The highest BCUT2D eigenvalue weighted by Crippen LogP contribution is 2.22. The SMILES string of the molecule is C=CCn1c(=NC(=O)c2ccccc2I)sc2cc(C)c(C)cc21. The lowest BCUT2D eigenvalue weighted by Crippen LogP contribution is -2.16. The highest BCUT2D eigenvalue weighted by atomic mass is 127. The summed E-state index contributed by atoms with van der Waals surface area (Å²) in [6.07, 6.45) is 1.83. The highest BCUT2D eigenvalue weighted by Gasteiger charge is 2.11. The summed E-state index contributed by atoms with van der Waals surface area (Å²) in [5.74, 6) is -0.210. The van der Waals surface area contributed by atoms with Gasteiger partial charge in [0.05, 0.1) is 15.8 Å². The highest BCUT2D eigenvalue weighted by molar-refractivity contribution is 14.1. The van der Waals surface area contributed by atoms with Crippen LogP contribution in [0.15, 0.2) is 54.0 Å². The molecule has 5 heteroatoms. The van der Waals surface area contributed by atoms with Gasteiger partial charge >= 0.3 is 0 Å². The van der Waals surface area contributed by atoms with Crippen LogP contribution in [0.25, 0.3) is 10.2 Å². The molecule has 0 radical (unpaired) electrons. The van der Waals surface area contributed by atoms with Gasteiger partial charge in [0.15, 0.2) is 4.80 Å². The van der Waals surface area contributed by atoms with E-state index >= 15 is 0 Å². The minimum atomic E-state index is -0.210. The number of amides is 1. The second-order valence-corrected chi connectivity index (χ2v) is 7.76. The van der Waals surface area contributed by atoms with Crippen molar-refractivity contribution in [2.75, 3.05) is 0 Å². The Morgan fingerprint density at radius 1 is 1.29 bits per heavy atom. The summed E-state index contributed by atoms with van der Waals surface area (Å²) >= 11 is 3.71. The Hall–Kier alpha value is -1.73. The van der Waals surface area contributed by atoms with E-state index in [2.05, 4.69) is 60.1 Å². The van der Waals surface area contributed by atoms with Crippen LogP contribution in [0.4, 0.5) is 0 Å². The smallest absolute Gasteiger partial charge is 0.280 e. The summed E-state index contributed by atoms with van der Waals surface area (Å²) in [5.41, 5.74) is 4.20. The van der Waals surface area contributed by atoms with Crippen molar-refractivity contribution in [3.8, 4) is 0 Å². The minimum absolute atomic E-state index is 0.210. The van der Waals surface area contributed by atoms with E-state index in [-0.39, 0.29) is 5.91 Å². The van der Waals surface area contributed by atoms with Crippen molar-refractivity contribution in [1.82, 2.24) is 4.57 Å². The van der Waals surface area contributed by atoms with Gasteiger partial charge < -0.3 is 4.57 Å². The van der Waals surface area contributed by atoms with Gasteiger partial charge in [0.1, 0.15) is 0 Å². The predicted molar refractivity (Wildman–Crippen MR) is 109 cm³/mol. The van der Waals surface area contributed by atoms with Crippen LogP contribution < -0.4 is 4.80 Å². The van der Waals surface area contributed by atoms with Crippen LogP contribution in [0.2, 0.25) is 0 Å². The van der Waals surface area contributed by atoms with Gasteiger partial charge in [-0.3, -0.25) is 4.79 Å². The number of hydrogen-bond donors (Lipinski definition) is 0. The van der Waals surface area contributed by atoms with E-state index in [9.17, 15) is 4.79 Å². The number of hydrogen-bond acceptors (Lipinski definition) is 2. The van der Waals surface area contributed by atoms with Crippen molar-refractivity contribution in [3.63, 3.8) is 0 Å². The first-order valence-corrected chi connectivity index (χ1v) is 9.46. The third-order valence-corrected chi connectivity index (χ3v) is 5.89. The normalized spacial score (nSPS) is 11.9. The number of rotatable bonds is 3. The lowest BCUT2D eigenvalue weighted by atomic mass is 10.1. The maximum Gasteiger partial charge on any atom is 0.280 e. The van der Waals surface area contributed by atoms with Crippen LogP contribution >= 0.6 is 33.9 Å². The monoisotopic (exact) mass is 448 g/mol. The van der Waals surface area contributed by atoms with E-state index in [1.165, 1.54) is 11.1 Å². The van der Waals surface area contributed by atoms with Gasteiger partial charge in [0.25, 0.3) is 5.91 Å². The molecule has 0 spiro atoms. The molecule has 0 aliphatic rings. The fourth-order valence-corrected chi connectivity index (χ4v) is 4.23. The van der Waals surface area contributed by atoms with E-state index in [1.807, 2.05) is 34.9 Å². The van der Waals surface area contributed by atoms with E-state index in [0.717, 1.165) is 13.8 Å². The number of nitrogens with zero attached hydrogens (tertiary/aromatic N) is 2. The molecule has 0 saturated heterocycles. The third kappa shape index (κ3) is 3.23. The Kier molecular flexibility index (Phi) is 5.01. The van der Waals surface area contributed by atoms with Gasteiger partial charge in [0.2, 0.25) is 0 Å². The number of halogens is 1. The largest absolute Gasteiger partial charge is 0.312 e. The number of aryl methyl sites for hydroxylation is 2. The quantitative estimate of drug-likeness (QED) is 0.417. The molecular weight excluding hydrogens is 431 g/mol. The first-order valence-electron chi connectivity index (χ1n) is 7.56. The Morgan fingerprint density at radius 2 is 2.00 bits per heavy atom. The molecule has 3 aromatic rings. The maximum atomic E-state index is 12.6. The lowest BCUT2D eigenvalue weighted by molar-refractivity contribution is 0.0997. The van der Waals surface area contributed by atoms with Crippen molar-refractivity contribution in [2.45, 2.75) is 20.4 Å². The van der Waals surface area contributed by atoms with Crippen LogP contribution in [0.5, 0.6) is 0 Å². The average Bonchev–Trinajstić information content (AvgIpc) is 2.85. The number of allylic oxidation sites excluding steroid dienone is 1. The average molecular weight is 448 g/mol. The lowest BCUT2D eigenvalue weighted by Gasteiger charge is -2.04. The van der Waals surface area contributed by atoms with Crippen molar-refractivity contribution in [2.24, 2.45) is 4.99 Å². The standard InChI is InChI=1S/C19H17IN2OS/c1-4-9-22-16-10-12(2)13(3)11-17(16)24-19(22)21-18(23)14-7-5-6-8-15(14)20/h4-8,10-11H,1,9H2,2-3H3. The van der Waals surface area contributed by atoms with Crippen LogP contribution in [0.3, 0.4) is 0 Å². The number of thiazole rings is 1. The molecule has 1 amide bonds. The predicted octanol–water partition coefficient (Wildman–Crippen LogP) is 4.85. The summed E-state index contributed by atoms with van der Waals surface area (Å²) in [7, 11) is 0. The van der Waals surface area contributed by atoms with Gasteiger partial charge in [-0.25, -0.2) is 0 Å². The minimum Gasteiger partial charge on any atom is -0.312 e. The number of carbonyl (C=O) groups excluding carboxylic acids is 1. The molecule has 0 saturated carbocycles. The molecule has 1 heterocycles. The Balaban J connectivity index is 2.21. The Bertz CT molecular complexity index is 1010. The van der Waals surface area contributed by atoms with Crippen LogP contribution in [0, 0.1) is 17.4 Å². The maximum absolute atomic E-state index is 12.6. The molecule has 0 N–H and O–H groups in total. The molecule has 0 bridgehead atoms. The molecule has 3 nitrogen and oxygen atoms in total. The van der Waals surface area contributed by atoms with E-state index in [1.54, 1.807) is 11.3 Å². The molecule has 0 aliphatic heterocycles. The summed E-state index contributed by atoms with van der Waals surface area (Å²) in [6.45, 7) is 8.65. The zero-order valence-corrected chi connectivity index (χ0v) is 16.5. The summed E-state index contributed by atoms with van der Waals surface area (Å²) in [5, 5.41) is 0. The first-order chi connectivity index (χ1) is 11.5. The van der Waals surface area contributed by atoms with Gasteiger partial charge in [-0.05, 0) is 71.8 Å². The van der Waals surface area contributed by atoms with Crippen molar-refractivity contribution >= 4 is 50.1 Å². The van der Waals surface area contributed by atoms with E-state index in [4.69, 9.17) is 0 Å². The molecule has 0 fully saturated rings. The molecule has 3 rings (SSSR count). The van der Waals surface area contributed by atoms with Gasteiger partial charge in [-0.1, -0.05) is 29.5 Å². The Labute approximate surface area is 158 Å². The van der Waals surface area contributed by atoms with Gasteiger partial charge in [0, 0.05) is 10.1 Å². The van der Waals surface area contributed by atoms with Crippen LogP contribution in [0.1, 0.15) is 21.5 Å². The molecule has 0 unspecified atom stereocenters. The fraction of sp³-hybridized carbons (Fsp3) is 0.158. The summed E-state index contributed by atoms with van der Waals surface area (Å²) in [6, 6.07) is 11.8. The topological polar surface area (TPSA) is 34.4 Å². The van der Waals surface area contributed by atoms with Crippen molar-refractivity contribution in [1.29, 1.82) is 0 Å². The van der Waals surface area contributed by atoms with Gasteiger partial charge in [-0.2, -0.15) is 4.99 Å². The molecule has 0 aliphatic carbocycles. The van der Waals surface area contributed by atoms with Crippen LogP contribution in [-0.2, 0) is 6.54 Å². The fourth-order valence-electron chi connectivity index (χ4n) is 2.49. The first kappa shape index (κ1) is 17.1. The second kappa shape index (κ2) is 7.03. The molecule has 2 aromatic carbocycles. The van der Waals surface area contributed by atoms with Crippen LogP contribution in [-0.4, -0.2) is 10.5 Å². The van der Waals surface area contributed by atoms with Crippen molar-refractivity contribution in [3.05, 3.63) is 74.1 Å². The molecule has 24 heavy (non-hydrogen) atoms. The number of benzene rings is 2. The Morgan fingerprint density at radius 3 is 2.71 bits per heavy atom. The van der Waals surface area contributed by atoms with Crippen molar-refractivity contribution < 1.29 is 4.79 Å². The number of aromatic nitrogens is 1. The molecule has 0 atom stereocenters. The number of fused-ring (bicyclic) bond motifs is 1. The molecule has 122 valence electrons. The number of carbonyl (C=O) groups is 1. The zero-order chi connectivity index (χ0) is 17.3. The van der Waals surface area contributed by atoms with E-state index < -0.39 is 0 Å². The van der Waals surface area contributed by atoms with Gasteiger partial charge in [-0.15, -0.1) is 6.58 Å².